The fourth-order valence-corrected chi connectivity index (χ4v) is 0.755. The normalized spacial score (nSPS) is 10.4. The van der Waals surface area contributed by atoms with Gasteiger partial charge < -0.3 is 20.7 Å². The van der Waals surface area contributed by atoms with Gasteiger partial charge in [-0.25, -0.2) is 0 Å². The minimum atomic E-state index is -0.370. The third-order valence-electron chi connectivity index (χ3n) is 1.53. The number of carbonyl (C=O) groups is 2. The molecule has 0 aromatic heterocycles. The molecule has 0 rings (SSSR count). The molecular weight excluding hydrogens is 230 g/mol. The van der Waals surface area contributed by atoms with Crippen LogP contribution in [-0.4, -0.2) is 45.9 Å². The third-order valence-corrected chi connectivity index (χ3v) is 1.53. The highest BCUT2D eigenvalue weighted by Gasteiger charge is 2.13. The molecule has 1 unspecified atom stereocenters. The Balaban J connectivity index is -0.000000315. The van der Waals surface area contributed by atoms with Crippen molar-refractivity contribution in [2.24, 2.45) is 5.92 Å². The van der Waals surface area contributed by atoms with E-state index in [0.717, 1.165) is 6.29 Å². The van der Waals surface area contributed by atoms with Crippen LogP contribution >= 0.6 is 0 Å². The molecule has 3 N–H and O–H groups in total. The maximum atomic E-state index is 11.0. The van der Waals surface area contributed by atoms with Crippen molar-refractivity contribution >= 4 is 12.2 Å². The largest absolute Gasteiger partial charge is 0.345 e. The van der Waals surface area contributed by atoms with Crippen molar-refractivity contribution in [2.75, 3.05) is 27.7 Å². The van der Waals surface area contributed by atoms with Crippen LogP contribution in [0.15, 0.2) is 0 Å². The SMILES string of the molecule is CCC.CNC.CNCC(=O)NC(C=O)C(C)C. The van der Waals surface area contributed by atoms with Crippen molar-refractivity contribution < 1.29 is 9.59 Å². The molecule has 1 amide bonds. The molecule has 0 aliphatic heterocycles. The number of nitrogens with one attached hydrogen (secondary N) is 3. The van der Waals surface area contributed by atoms with Gasteiger partial charge >= 0.3 is 0 Å². The number of amides is 1. The summed E-state index contributed by atoms with van der Waals surface area (Å²) in [6, 6.07) is -0.370. The molecule has 0 saturated carbocycles. The van der Waals surface area contributed by atoms with Gasteiger partial charge in [-0.2, -0.15) is 0 Å². The maximum Gasteiger partial charge on any atom is 0.234 e. The van der Waals surface area contributed by atoms with E-state index in [0.29, 0.717) is 0 Å². The summed E-state index contributed by atoms with van der Waals surface area (Å²) in [5.41, 5.74) is 0. The molecule has 0 spiro atoms. The zero-order valence-corrected chi connectivity index (χ0v) is 13.0. The highest BCUT2D eigenvalue weighted by atomic mass is 16.2. The van der Waals surface area contributed by atoms with E-state index in [4.69, 9.17) is 0 Å². The Hall–Kier alpha value is -0.940. The molecule has 0 aliphatic rings. The maximum absolute atomic E-state index is 11.0. The van der Waals surface area contributed by atoms with Crippen LogP contribution in [0, 0.1) is 5.92 Å². The first-order valence-corrected chi connectivity index (χ1v) is 6.42. The number of hydrogen-bond donors (Lipinski definition) is 3. The van der Waals surface area contributed by atoms with E-state index in [1.165, 1.54) is 6.42 Å². The van der Waals surface area contributed by atoms with E-state index in [2.05, 4.69) is 29.8 Å². The van der Waals surface area contributed by atoms with Crippen molar-refractivity contribution in [3.8, 4) is 0 Å². The summed E-state index contributed by atoms with van der Waals surface area (Å²) in [5.74, 6) is -0.00777. The van der Waals surface area contributed by atoms with Gasteiger partial charge in [0.05, 0.1) is 12.6 Å². The van der Waals surface area contributed by atoms with E-state index in [9.17, 15) is 9.59 Å². The monoisotopic (exact) mass is 261 g/mol. The summed E-state index contributed by atoms with van der Waals surface area (Å²) in [7, 11) is 5.44. The number of rotatable bonds is 5. The Kier molecular flexibility index (Phi) is 22.8. The first kappa shape index (κ1) is 22.3. The zero-order valence-electron chi connectivity index (χ0n) is 13.0. The van der Waals surface area contributed by atoms with Gasteiger partial charge in [-0.3, -0.25) is 4.79 Å². The summed E-state index contributed by atoms with van der Waals surface area (Å²) in [6.07, 6.45) is 2.01. The first-order chi connectivity index (χ1) is 8.44. The van der Waals surface area contributed by atoms with E-state index in [1.54, 1.807) is 7.05 Å². The lowest BCUT2D eigenvalue weighted by Gasteiger charge is -2.15. The molecular formula is C13H31N3O2. The third kappa shape index (κ3) is 20.5. The fraction of sp³-hybridized carbons (Fsp3) is 0.846. The molecule has 0 bridgehead atoms. The minimum absolute atomic E-state index is 0.142. The number of likely N-dealkylation sites (N-methyl/N-ethyl adjacent to an activating group) is 1. The topological polar surface area (TPSA) is 70.2 Å². The average molecular weight is 261 g/mol. The van der Waals surface area contributed by atoms with Gasteiger partial charge in [-0.15, -0.1) is 0 Å². The van der Waals surface area contributed by atoms with Gasteiger partial charge in [0.15, 0.2) is 0 Å². The molecule has 0 saturated heterocycles. The van der Waals surface area contributed by atoms with Crippen LogP contribution in [0.25, 0.3) is 0 Å². The minimum Gasteiger partial charge on any atom is -0.345 e. The predicted octanol–water partition coefficient (Wildman–Crippen LogP) is 0.797. The quantitative estimate of drug-likeness (QED) is 0.640. The van der Waals surface area contributed by atoms with Crippen molar-refractivity contribution in [1.82, 2.24) is 16.0 Å². The van der Waals surface area contributed by atoms with E-state index in [1.807, 2.05) is 27.9 Å². The smallest absolute Gasteiger partial charge is 0.234 e. The summed E-state index contributed by atoms with van der Waals surface area (Å²) in [4.78, 5) is 21.4. The van der Waals surface area contributed by atoms with Crippen LogP contribution in [-0.2, 0) is 9.59 Å². The van der Waals surface area contributed by atoms with E-state index < -0.39 is 0 Å². The molecule has 18 heavy (non-hydrogen) atoms. The first-order valence-electron chi connectivity index (χ1n) is 6.42. The summed E-state index contributed by atoms with van der Waals surface area (Å²) >= 11 is 0. The Morgan fingerprint density at radius 3 is 1.78 bits per heavy atom. The van der Waals surface area contributed by atoms with Crippen molar-refractivity contribution in [2.45, 2.75) is 40.2 Å². The molecule has 0 aliphatic carbocycles. The van der Waals surface area contributed by atoms with Crippen LogP contribution in [0.1, 0.15) is 34.1 Å². The second-order valence-corrected chi connectivity index (χ2v) is 4.21. The second-order valence-electron chi connectivity index (χ2n) is 4.21. The van der Waals surface area contributed by atoms with Crippen LogP contribution in [0.4, 0.5) is 0 Å². The predicted molar refractivity (Wildman–Crippen MR) is 77.7 cm³/mol. The Morgan fingerprint density at radius 2 is 1.56 bits per heavy atom. The Labute approximate surface area is 112 Å². The van der Waals surface area contributed by atoms with Gasteiger partial charge in [-0.05, 0) is 27.1 Å². The molecule has 0 heterocycles. The van der Waals surface area contributed by atoms with Gasteiger partial charge in [0.2, 0.25) is 5.91 Å². The molecule has 5 nitrogen and oxygen atoms in total. The van der Waals surface area contributed by atoms with Crippen molar-refractivity contribution in [3.05, 3.63) is 0 Å². The molecule has 0 aromatic rings. The Morgan fingerprint density at radius 1 is 1.17 bits per heavy atom. The Bertz CT molecular complexity index is 183. The highest BCUT2D eigenvalue weighted by Crippen LogP contribution is 1.97. The van der Waals surface area contributed by atoms with Crippen molar-refractivity contribution in [1.29, 1.82) is 0 Å². The van der Waals surface area contributed by atoms with Crippen LogP contribution < -0.4 is 16.0 Å². The number of aldehydes is 1. The van der Waals surface area contributed by atoms with Gasteiger partial charge in [0.25, 0.3) is 0 Å². The summed E-state index contributed by atoms with van der Waals surface area (Å²) in [5, 5.41) is 8.06. The number of carbonyl (C=O) groups excluding carboxylic acids is 2. The lowest BCUT2D eigenvalue weighted by atomic mass is 10.1. The fourth-order valence-electron chi connectivity index (χ4n) is 0.755. The van der Waals surface area contributed by atoms with Gasteiger partial charge in [-0.1, -0.05) is 34.1 Å². The average Bonchev–Trinajstić information content (AvgIpc) is 2.28. The highest BCUT2D eigenvalue weighted by molar-refractivity contribution is 5.81. The molecule has 110 valence electrons. The molecule has 1 atom stereocenters. The molecule has 0 aromatic carbocycles. The zero-order chi connectivity index (χ0) is 15.0. The molecule has 0 radical (unpaired) electrons. The van der Waals surface area contributed by atoms with Gasteiger partial charge in [0, 0.05) is 0 Å². The second kappa shape index (κ2) is 18.4. The van der Waals surface area contributed by atoms with Crippen LogP contribution in [0.5, 0.6) is 0 Å². The van der Waals surface area contributed by atoms with Crippen LogP contribution in [0.3, 0.4) is 0 Å². The van der Waals surface area contributed by atoms with Crippen LogP contribution in [0.2, 0.25) is 0 Å². The standard InChI is InChI=1S/C8H16N2O2.C3H8.C2H7N/c1-6(2)7(5-11)10-8(12)4-9-3;2*1-3-2/h5-7,9H,4H2,1-3H3,(H,10,12);3H2,1-2H3;3H,1-2H3. The van der Waals surface area contributed by atoms with E-state index in [-0.39, 0.29) is 24.4 Å². The van der Waals surface area contributed by atoms with Crippen molar-refractivity contribution in [3.63, 3.8) is 0 Å². The molecule has 5 heteroatoms. The van der Waals surface area contributed by atoms with E-state index >= 15 is 0 Å². The summed E-state index contributed by atoms with van der Waals surface area (Å²) < 4.78 is 0. The number of hydrogen-bond acceptors (Lipinski definition) is 4. The lowest BCUT2D eigenvalue weighted by Crippen LogP contribution is -2.43. The summed E-state index contributed by atoms with van der Waals surface area (Å²) in [6.45, 7) is 8.27. The molecule has 0 fully saturated rings. The lowest BCUT2D eigenvalue weighted by molar-refractivity contribution is -0.123. The van der Waals surface area contributed by atoms with Gasteiger partial charge in [0.1, 0.15) is 6.29 Å².